The van der Waals surface area contributed by atoms with Gasteiger partial charge in [-0.25, -0.2) is 19.9 Å². The molecule has 18 heteroatoms. The highest BCUT2D eigenvalue weighted by Crippen LogP contribution is 2.36. The first-order valence-electron chi connectivity index (χ1n) is 19.1. The molecule has 0 unspecified atom stereocenters. The molecule has 1 saturated heterocycles. The van der Waals surface area contributed by atoms with Crippen LogP contribution in [0.4, 0.5) is 11.9 Å². The molecule has 9 rings (SSSR count). The summed E-state index contributed by atoms with van der Waals surface area (Å²) >= 11 is 3.36. The van der Waals surface area contributed by atoms with Crippen molar-refractivity contribution in [2.75, 3.05) is 10.6 Å². The van der Waals surface area contributed by atoms with E-state index in [2.05, 4.69) is 94.1 Å². The molecule has 1 fully saturated rings. The molecule has 2 amide bonds. The zero-order valence-corrected chi connectivity index (χ0v) is 36.0. The molecule has 1 aliphatic heterocycles. The van der Waals surface area contributed by atoms with Crippen LogP contribution in [0.15, 0.2) is 102 Å². The topological polar surface area (TPSA) is 194 Å². The summed E-state index contributed by atoms with van der Waals surface area (Å²) in [6.45, 7) is 15.0. The molecule has 9 heterocycles. The van der Waals surface area contributed by atoms with Crippen LogP contribution in [0.1, 0.15) is 52.9 Å². The quantitative estimate of drug-likeness (QED) is 0.124. The van der Waals surface area contributed by atoms with Crippen molar-refractivity contribution in [3.05, 3.63) is 114 Å². The Hall–Kier alpha value is -6.50. The monoisotopic (exact) mass is 870 g/mol. The van der Waals surface area contributed by atoms with Crippen molar-refractivity contribution in [2.45, 2.75) is 66.6 Å². The Morgan fingerprint density at radius 2 is 1.22 bits per heavy atom. The average molecular weight is 872 g/mol. The van der Waals surface area contributed by atoms with Gasteiger partial charge in [-0.05, 0) is 105 Å². The Bertz CT molecular complexity index is 2810. The van der Waals surface area contributed by atoms with Gasteiger partial charge in [-0.15, -0.1) is 0 Å². The van der Waals surface area contributed by atoms with Gasteiger partial charge in [-0.3, -0.25) is 30.2 Å². The molecule has 0 aliphatic carbocycles. The molecule has 4 N–H and O–H groups in total. The number of nitrogens with one attached hydrogen (secondary N) is 4. The highest BCUT2D eigenvalue weighted by molar-refractivity contribution is 9.10. The lowest BCUT2D eigenvalue weighted by molar-refractivity contribution is -0.115. The maximum absolute atomic E-state index is 11.4. The van der Waals surface area contributed by atoms with Gasteiger partial charge in [0.1, 0.15) is 27.3 Å². The molecule has 1 aliphatic rings. The number of carbonyl (C=O) groups is 2. The number of pyridine rings is 4. The molecule has 306 valence electrons. The summed E-state index contributed by atoms with van der Waals surface area (Å²) in [5.74, 6) is 0.443. The first-order valence-corrected chi connectivity index (χ1v) is 19.8. The predicted molar refractivity (Wildman–Crippen MR) is 235 cm³/mol. The third-order valence-corrected chi connectivity index (χ3v) is 10.4. The Kier molecular flexibility index (Phi) is 11.8. The molecule has 8 aromatic heterocycles. The lowest BCUT2D eigenvalue weighted by atomic mass is 9.80. The summed E-state index contributed by atoms with van der Waals surface area (Å²) in [4.78, 5) is 54.7. The summed E-state index contributed by atoms with van der Waals surface area (Å²) in [5, 5.41) is 5.29. The molecule has 0 bridgehead atoms. The van der Waals surface area contributed by atoms with Crippen molar-refractivity contribution in [2.24, 2.45) is 0 Å². The third kappa shape index (κ3) is 9.35. The fraction of sp³-hybridized carbons (Fsp3) is 0.238. The molecule has 0 spiro atoms. The highest BCUT2D eigenvalue weighted by atomic mass is 79.9. The number of rotatable bonds is 6. The van der Waals surface area contributed by atoms with Crippen molar-refractivity contribution in [3.8, 4) is 34.0 Å². The van der Waals surface area contributed by atoms with E-state index in [1.54, 1.807) is 12.4 Å². The van der Waals surface area contributed by atoms with Gasteiger partial charge in [0.15, 0.2) is 0 Å². The van der Waals surface area contributed by atoms with Gasteiger partial charge in [0.25, 0.3) is 0 Å². The third-order valence-electron chi connectivity index (χ3n) is 9.83. The molecular weight excluding hydrogens is 827 g/mol. The second-order valence-electron chi connectivity index (χ2n) is 15.1. The molecular formula is C42H44BBrN12O4. The molecule has 0 aromatic carbocycles. The number of carbonyl (C=O) groups excluding carboxylic acids is 2. The van der Waals surface area contributed by atoms with Crippen LogP contribution < -0.4 is 16.1 Å². The minimum absolute atomic E-state index is 0.171. The number of hydrogen-bond acceptors (Lipinski definition) is 10. The molecule has 0 atom stereocenters. The number of hydrogen-bond donors (Lipinski definition) is 4. The van der Waals surface area contributed by atoms with Gasteiger partial charge in [0.2, 0.25) is 23.7 Å². The summed E-state index contributed by atoms with van der Waals surface area (Å²) < 4.78 is 16.6. The Balaban J connectivity index is 0.000000140. The minimum Gasteiger partial charge on any atom is -0.399 e. The number of imidazole rings is 4. The lowest BCUT2D eigenvalue weighted by Crippen LogP contribution is -2.41. The smallest absolute Gasteiger partial charge is 0.399 e. The number of aromatic nitrogens is 10. The average Bonchev–Trinajstić information content (AvgIpc) is 4.02. The van der Waals surface area contributed by atoms with Crippen molar-refractivity contribution in [1.82, 2.24) is 48.7 Å². The van der Waals surface area contributed by atoms with E-state index < -0.39 is 0 Å². The van der Waals surface area contributed by atoms with Gasteiger partial charge < -0.3 is 28.1 Å². The van der Waals surface area contributed by atoms with Crippen LogP contribution in [-0.2, 0) is 18.9 Å². The van der Waals surface area contributed by atoms with E-state index in [-0.39, 0.29) is 30.1 Å². The van der Waals surface area contributed by atoms with Crippen molar-refractivity contribution < 1.29 is 18.9 Å². The maximum Gasteiger partial charge on any atom is 0.496 e. The van der Waals surface area contributed by atoms with Gasteiger partial charge in [-0.2, -0.15) is 0 Å². The maximum atomic E-state index is 11.4. The van der Waals surface area contributed by atoms with Crippen LogP contribution >= 0.6 is 15.9 Å². The molecule has 16 nitrogen and oxygen atoms in total. The van der Waals surface area contributed by atoms with Crippen LogP contribution in [0.25, 0.3) is 45.3 Å². The first-order chi connectivity index (χ1) is 28.5. The summed E-state index contributed by atoms with van der Waals surface area (Å²) in [5.41, 5.74) is 8.59. The summed E-state index contributed by atoms with van der Waals surface area (Å²) in [6.07, 6.45) is 11.3. The number of anilines is 2. The largest absolute Gasteiger partial charge is 0.496 e. The van der Waals surface area contributed by atoms with E-state index in [9.17, 15) is 9.59 Å². The zero-order chi connectivity index (χ0) is 42.8. The van der Waals surface area contributed by atoms with Crippen molar-refractivity contribution in [1.29, 1.82) is 0 Å². The standard InChI is InChI=1S/C18H16N6O.C13H17BN2O2.C11H11BrN4O/c1-11-4-3-5-14(20-11)17-16(22-18(23-17)21-12(2)25)13-6-7-15-19-8-9-24(15)10-13;1-12(2)13(3,4)18-14(17-12)10-5-6-11-15-7-8-16(11)9-10;1-6-4-3-5-8(13-6)9-10(12)16-11(15-9)14-7(2)17/h3-10H,1-2H3,(H2,21,22,23,25);5-9H,1-4H3;3-5H,1-2H3,(H2,14,15,16,17). The molecule has 60 heavy (non-hydrogen) atoms. The molecule has 0 saturated carbocycles. The Morgan fingerprint density at radius 3 is 1.82 bits per heavy atom. The second-order valence-corrected chi connectivity index (χ2v) is 15.9. The Labute approximate surface area is 354 Å². The number of aromatic amines is 2. The Morgan fingerprint density at radius 1 is 0.683 bits per heavy atom. The summed E-state index contributed by atoms with van der Waals surface area (Å²) in [7, 11) is -0.318. The fourth-order valence-corrected chi connectivity index (χ4v) is 6.69. The van der Waals surface area contributed by atoms with Gasteiger partial charge in [0.05, 0.1) is 28.3 Å². The number of amides is 2. The van der Waals surface area contributed by atoms with E-state index in [1.165, 1.54) is 13.8 Å². The fourth-order valence-electron chi connectivity index (χ4n) is 6.21. The van der Waals surface area contributed by atoms with E-state index >= 15 is 0 Å². The predicted octanol–water partition coefficient (Wildman–Crippen LogP) is 7.19. The van der Waals surface area contributed by atoms with Crippen LogP contribution in [0.5, 0.6) is 0 Å². The van der Waals surface area contributed by atoms with E-state index in [0.29, 0.717) is 22.2 Å². The van der Waals surface area contributed by atoms with E-state index in [0.717, 1.165) is 56.5 Å². The number of H-pyrrole nitrogens is 2. The summed E-state index contributed by atoms with van der Waals surface area (Å²) in [6, 6.07) is 19.3. The van der Waals surface area contributed by atoms with E-state index in [4.69, 9.17) is 9.31 Å². The van der Waals surface area contributed by atoms with Crippen molar-refractivity contribution >= 4 is 63.5 Å². The van der Waals surface area contributed by atoms with Gasteiger partial charge in [-0.1, -0.05) is 18.2 Å². The van der Waals surface area contributed by atoms with Crippen LogP contribution in [0, 0.1) is 13.8 Å². The highest BCUT2D eigenvalue weighted by Gasteiger charge is 2.51. The van der Waals surface area contributed by atoms with Crippen LogP contribution in [0.3, 0.4) is 0 Å². The normalized spacial score (nSPS) is 14.0. The lowest BCUT2D eigenvalue weighted by Gasteiger charge is -2.32. The number of fused-ring (bicyclic) bond motifs is 2. The number of nitrogens with zero attached hydrogens (tertiary/aromatic N) is 8. The zero-order valence-electron chi connectivity index (χ0n) is 34.4. The van der Waals surface area contributed by atoms with Crippen LogP contribution in [0.2, 0.25) is 0 Å². The van der Waals surface area contributed by atoms with Crippen LogP contribution in [-0.4, -0.2) is 78.8 Å². The van der Waals surface area contributed by atoms with Crippen molar-refractivity contribution in [3.63, 3.8) is 0 Å². The second kappa shape index (κ2) is 17.0. The molecule has 0 radical (unpaired) electrons. The van der Waals surface area contributed by atoms with E-state index in [1.807, 2.05) is 108 Å². The molecule has 8 aromatic rings. The minimum atomic E-state index is -0.318. The number of aryl methyl sites for hydroxylation is 2. The van der Waals surface area contributed by atoms with Gasteiger partial charge in [0, 0.05) is 68.0 Å². The van der Waals surface area contributed by atoms with Gasteiger partial charge >= 0.3 is 7.12 Å². The SMILES string of the molecule is CC(=O)Nc1nc(-c2ccc3nccn3c2)c(-c2cccc(C)n2)[nH]1.CC(=O)Nc1nc(-c2cccc(C)n2)c(Br)[nH]1.CC1(C)OB(c2ccc3nccn3c2)OC1(C)C. The number of halogens is 1. The first kappa shape index (κ1) is 41.7.